The number of carbonyl (C=O) groups excluding carboxylic acids is 1. The minimum Gasteiger partial charge on any atom is -0.478 e. The van der Waals surface area contributed by atoms with E-state index in [1.54, 1.807) is 27.7 Å². The number of carboxylic acids is 1. The first kappa shape index (κ1) is 17.9. The molecule has 6 heteroatoms. The molecule has 0 atom stereocenters. The monoisotopic (exact) mass is 308 g/mol. The van der Waals surface area contributed by atoms with E-state index in [4.69, 9.17) is 9.99 Å². The Morgan fingerprint density at radius 3 is 2.27 bits per heavy atom. The van der Waals surface area contributed by atoms with Gasteiger partial charge in [0.15, 0.2) is 0 Å². The fraction of sp³-hybridized carbons (Fsp3) is 0.375. The number of benzene rings is 1. The molecule has 0 fully saturated rings. The minimum atomic E-state index is -1.23. The highest BCUT2D eigenvalue weighted by atomic mass is 17.5. The second kappa shape index (κ2) is 7.72. The summed E-state index contributed by atoms with van der Waals surface area (Å²) in [4.78, 5) is 32.1. The van der Waals surface area contributed by atoms with Crippen LogP contribution in [0, 0.1) is 5.92 Å². The number of aliphatic carboxylic acids is 1. The van der Waals surface area contributed by atoms with E-state index in [9.17, 15) is 9.59 Å². The average molecular weight is 308 g/mol. The van der Waals surface area contributed by atoms with Crippen LogP contribution in [0.2, 0.25) is 0 Å². The van der Waals surface area contributed by atoms with Crippen LogP contribution >= 0.6 is 0 Å². The molecule has 120 valence electrons. The first-order valence-electron chi connectivity index (χ1n) is 6.80. The van der Waals surface area contributed by atoms with Crippen LogP contribution in [-0.2, 0) is 30.0 Å². The molecule has 0 spiro atoms. The van der Waals surface area contributed by atoms with Gasteiger partial charge in [-0.05, 0) is 30.4 Å². The largest absolute Gasteiger partial charge is 0.478 e. The lowest BCUT2D eigenvalue weighted by molar-refractivity contribution is -0.519. The van der Waals surface area contributed by atoms with Gasteiger partial charge in [0.25, 0.3) is 0 Å². The summed E-state index contributed by atoms with van der Waals surface area (Å²) in [5, 5.41) is 13.3. The molecule has 0 saturated carbocycles. The summed E-state index contributed by atoms with van der Waals surface area (Å²) in [6.07, 6.45) is 0.790. The van der Waals surface area contributed by atoms with E-state index in [2.05, 4.69) is 9.93 Å². The van der Waals surface area contributed by atoms with E-state index in [1.165, 1.54) is 0 Å². The fourth-order valence-corrected chi connectivity index (χ4v) is 1.66. The Bertz CT molecular complexity index is 545. The molecule has 0 heterocycles. The number of carboxylic acid groups (broad SMARTS) is 1. The summed E-state index contributed by atoms with van der Waals surface area (Å²) >= 11 is 0. The van der Waals surface area contributed by atoms with Gasteiger partial charge in [-0.2, -0.15) is 4.89 Å². The van der Waals surface area contributed by atoms with Crippen LogP contribution in [0.5, 0.6) is 0 Å². The van der Waals surface area contributed by atoms with Gasteiger partial charge in [-0.3, -0.25) is 4.89 Å². The molecule has 0 aliphatic carbocycles. The molecule has 0 aliphatic heterocycles. The lowest BCUT2D eigenvalue weighted by Gasteiger charge is -2.22. The van der Waals surface area contributed by atoms with Crippen LogP contribution in [0.15, 0.2) is 42.0 Å². The van der Waals surface area contributed by atoms with E-state index < -0.39 is 17.5 Å². The van der Waals surface area contributed by atoms with Gasteiger partial charge in [0.1, 0.15) is 5.60 Å². The van der Waals surface area contributed by atoms with Gasteiger partial charge < -0.3 is 5.11 Å². The highest BCUT2D eigenvalue weighted by Crippen LogP contribution is 2.24. The molecule has 0 radical (unpaired) electrons. The van der Waals surface area contributed by atoms with Gasteiger partial charge in [0.2, 0.25) is 0 Å². The number of rotatable bonds is 7. The first-order chi connectivity index (χ1) is 10.2. The Kier molecular flexibility index (Phi) is 6.27. The highest BCUT2D eigenvalue weighted by molar-refractivity contribution is 5.95. The second-order valence-corrected chi connectivity index (χ2v) is 5.49. The van der Waals surface area contributed by atoms with Gasteiger partial charge in [-0.1, -0.05) is 44.2 Å². The predicted octanol–water partition coefficient (Wildman–Crippen LogP) is 3.00. The Morgan fingerprint density at radius 2 is 1.77 bits per heavy atom. The zero-order valence-corrected chi connectivity index (χ0v) is 13.0. The van der Waals surface area contributed by atoms with Crippen molar-refractivity contribution >= 4 is 11.9 Å². The van der Waals surface area contributed by atoms with E-state index in [-0.39, 0.29) is 11.5 Å². The zero-order valence-electron chi connectivity index (χ0n) is 13.0. The lowest BCUT2D eigenvalue weighted by Crippen LogP contribution is -2.23. The second-order valence-electron chi connectivity index (χ2n) is 5.49. The van der Waals surface area contributed by atoms with Gasteiger partial charge >= 0.3 is 11.9 Å². The summed E-state index contributed by atoms with van der Waals surface area (Å²) in [7, 11) is 0. The van der Waals surface area contributed by atoms with Crippen molar-refractivity contribution in [3.8, 4) is 0 Å². The molecule has 0 unspecified atom stereocenters. The normalized spacial score (nSPS) is 12.3. The van der Waals surface area contributed by atoms with Crippen molar-refractivity contribution in [3.63, 3.8) is 0 Å². The average Bonchev–Trinajstić information content (AvgIpc) is 2.45. The van der Waals surface area contributed by atoms with Crippen molar-refractivity contribution in [2.45, 2.75) is 33.3 Å². The maximum atomic E-state index is 11.8. The third-order valence-corrected chi connectivity index (χ3v) is 2.96. The zero-order chi connectivity index (χ0) is 16.8. The molecule has 6 nitrogen and oxygen atoms in total. The molecular weight excluding hydrogens is 288 g/mol. The number of hydrogen-bond acceptors (Lipinski definition) is 5. The topological polar surface area (TPSA) is 82.1 Å². The maximum absolute atomic E-state index is 11.8. The van der Waals surface area contributed by atoms with Crippen LogP contribution < -0.4 is 0 Å². The smallest absolute Gasteiger partial charge is 0.372 e. The number of carbonyl (C=O) groups is 2. The highest BCUT2D eigenvalue weighted by Gasteiger charge is 2.25. The quantitative estimate of drug-likeness (QED) is 0.474. The molecule has 0 bridgehead atoms. The Labute approximate surface area is 129 Å². The van der Waals surface area contributed by atoms with Crippen molar-refractivity contribution in [3.05, 3.63) is 47.5 Å². The summed E-state index contributed by atoms with van der Waals surface area (Å²) in [6.45, 7) is 6.83. The lowest BCUT2D eigenvalue weighted by atomic mass is 9.99. The first-order valence-corrected chi connectivity index (χ1v) is 6.80. The summed E-state index contributed by atoms with van der Waals surface area (Å²) in [5.74, 6) is -2.46. The van der Waals surface area contributed by atoms with Crippen LogP contribution in [0.1, 0.15) is 33.3 Å². The Morgan fingerprint density at radius 1 is 1.18 bits per heavy atom. The van der Waals surface area contributed by atoms with Gasteiger partial charge in [-0.15, -0.1) is 0 Å². The SMILES string of the molecule is CC(C)C(=CC(=O)O)C(=O)OOOC(C)(C)c1ccccc1. The molecule has 1 rings (SSSR count). The molecule has 22 heavy (non-hydrogen) atoms. The fourth-order valence-electron chi connectivity index (χ4n) is 1.66. The van der Waals surface area contributed by atoms with E-state index >= 15 is 0 Å². The van der Waals surface area contributed by atoms with Crippen molar-refractivity contribution in [2.24, 2.45) is 5.92 Å². The summed E-state index contributed by atoms with van der Waals surface area (Å²) in [6, 6.07) is 9.24. The van der Waals surface area contributed by atoms with E-state index in [0.717, 1.165) is 11.6 Å². The molecule has 1 N–H and O–H groups in total. The standard InChI is InChI=1S/C16H20O6/c1-11(2)13(10-14(17)18)15(19)20-22-21-16(3,4)12-8-6-5-7-9-12/h5-11H,1-4H3,(H,17,18). The molecular formula is C16H20O6. The van der Waals surface area contributed by atoms with Crippen molar-refractivity contribution in [1.82, 2.24) is 0 Å². The van der Waals surface area contributed by atoms with Crippen molar-refractivity contribution in [2.75, 3.05) is 0 Å². The molecule has 0 aliphatic rings. The minimum absolute atomic E-state index is 0.0198. The van der Waals surface area contributed by atoms with E-state index in [0.29, 0.717) is 0 Å². The summed E-state index contributed by atoms with van der Waals surface area (Å²) < 4.78 is 0. The Balaban J connectivity index is 2.63. The molecule has 0 amide bonds. The third-order valence-electron chi connectivity index (χ3n) is 2.96. The van der Waals surface area contributed by atoms with Gasteiger partial charge in [0.05, 0.1) is 5.57 Å². The van der Waals surface area contributed by atoms with Crippen LogP contribution in [-0.4, -0.2) is 17.0 Å². The van der Waals surface area contributed by atoms with Crippen molar-refractivity contribution < 1.29 is 29.5 Å². The summed E-state index contributed by atoms with van der Waals surface area (Å²) in [5.41, 5.74) is -0.0272. The Hall–Kier alpha value is -2.18. The van der Waals surface area contributed by atoms with Gasteiger partial charge in [-0.25, -0.2) is 9.59 Å². The number of hydrogen-bond donors (Lipinski definition) is 1. The van der Waals surface area contributed by atoms with Crippen LogP contribution in [0.25, 0.3) is 0 Å². The molecule has 0 aromatic heterocycles. The predicted molar refractivity (Wildman–Crippen MR) is 78.3 cm³/mol. The van der Waals surface area contributed by atoms with Crippen LogP contribution in [0.3, 0.4) is 0 Å². The maximum Gasteiger partial charge on any atom is 0.372 e. The molecule has 1 aromatic rings. The van der Waals surface area contributed by atoms with Crippen LogP contribution in [0.4, 0.5) is 0 Å². The third kappa shape index (κ3) is 5.31. The van der Waals surface area contributed by atoms with E-state index in [1.807, 2.05) is 30.3 Å². The molecule has 1 aromatic carbocycles. The molecule has 0 saturated heterocycles. The van der Waals surface area contributed by atoms with Crippen molar-refractivity contribution in [1.29, 1.82) is 0 Å². The van der Waals surface area contributed by atoms with Gasteiger partial charge in [0, 0.05) is 6.08 Å².